The first-order valence-electron chi connectivity index (χ1n) is 7.25. The molecule has 0 saturated heterocycles. The van der Waals surface area contributed by atoms with Crippen LogP contribution in [0.4, 0.5) is 5.82 Å². The van der Waals surface area contributed by atoms with Gasteiger partial charge in [0.1, 0.15) is 5.82 Å². The largest absolute Gasteiger partial charge is 0.395 e. The van der Waals surface area contributed by atoms with Crippen molar-refractivity contribution in [1.82, 2.24) is 15.1 Å². The minimum Gasteiger partial charge on any atom is -0.395 e. The third-order valence-corrected chi connectivity index (χ3v) is 3.56. The summed E-state index contributed by atoms with van der Waals surface area (Å²) in [5.74, 6) is 0.541. The summed E-state index contributed by atoms with van der Waals surface area (Å²) >= 11 is 0. The summed E-state index contributed by atoms with van der Waals surface area (Å²) in [7, 11) is 0. The van der Waals surface area contributed by atoms with Gasteiger partial charge < -0.3 is 15.3 Å². The third-order valence-electron chi connectivity index (χ3n) is 3.56. The molecule has 0 unspecified atom stereocenters. The van der Waals surface area contributed by atoms with Crippen LogP contribution in [0.3, 0.4) is 0 Å². The molecule has 1 aromatic rings. The molecule has 6 heteroatoms. The van der Waals surface area contributed by atoms with Gasteiger partial charge in [-0.15, -0.1) is 10.2 Å². The molecule has 1 aromatic heterocycles. The van der Waals surface area contributed by atoms with E-state index >= 15 is 0 Å². The first-order chi connectivity index (χ1) is 9.76. The van der Waals surface area contributed by atoms with E-state index in [0.29, 0.717) is 18.1 Å². The number of amides is 1. The standard InChI is InChI=1S/C14H22N4O2/c1-2-8-15-13-7-6-12(16-17-13)14(20)18(9-10-19)11-4-3-5-11/h6-7,11,19H,2-5,8-10H2,1H3,(H,15,17). The van der Waals surface area contributed by atoms with E-state index in [0.717, 1.165) is 32.2 Å². The minimum absolute atomic E-state index is 0.0220. The number of carbonyl (C=O) groups is 1. The maximum atomic E-state index is 12.4. The predicted molar refractivity (Wildman–Crippen MR) is 76.6 cm³/mol. The third kappa shape index (κ3) is 3.45. The van der Waals surface area contributed by atoms with Crippen molar-refractivity contribution < 1.29 is 9.90 Å². The van der Waals surface area contributed by atoms with E-state index in [1.54, 1.807) is 17.0 Å². The predicted octanol–water partition coefficient (Wildman–Crippen LogP) is 1.29. The molecular formula is C14H22N4O2. The van der Waals surface area contributed by atoms with Crippen molar-refractivity contribution in [1.29, 1.82) is 0 Å². The molecular weight excluding hydrogens is 256 g/mol. The van der Waals surface area contributed by atoms with Crippen LogP contribution in [0.15, 0.2) is 12.1 Å². The summed E-state index contributed by atoms with van der Waals surface area (Å²) in [5.41, 5.74) is 0.340. The van der Waals surface area contributed by atoms with Crippen molar-refractivity contribution in [2.45, 2.75) is 38.6 Å². The molecule has 1 heterocycles. The van der Waals surface area contributed by atoms with Crippen molar-refractivity contribution in [2.24, 2.45) is 0 Å². The second kappa shape index (κ2) is 7.19. The number of hydrogen-bond acceptors (Lipinski definition) is 5. The Morgan fingerprint density at radius 2 is 2.25 bits per heavy atom. The van der Waals surface area contributed by atoms with Gasteiger partial charge in [0, 0.05) is 19.1 Å². The number of aliphatic hydroxyl groups excluding tert-OH is 1. The monoisotopic (exact) mass is 278 g/mol. The summed E-state index contributed by atoms with van der Waals surface area (Å²) in [6.45, 7) is 3.25. The van der Waals surface area contributed by atoms with Crippen LogP contribution in [0.2, 0.25) is 0 Å². The van der Waals surface area contributed by atoms with E-state index in [4.69, 9.17) is 5.11 Å². The lowest BCUT2D eigenvalue weighted by atomic mass is 9.91. The minimum atomic E-state index is -0.140. The summed E-state index contributed by atoms with van der Waals surface area (Å²) < 4.78 is 0. The van der Waals surface area contributed by atoms with E-state index < -0.39 is 0 Å². The van der Waals surface area contributed by atoms with Crippen molar-refractivity contribution in [3.8, 4) is 0 Å². The molecule has 0 aromatic carbocycles. The second-order valence-electron chi connectivity index (χ2n) is 5.04. The zero-order valence-corrected chi connectivity index (χ0v) is 11.9. The summed E-state index contributed by atoms with van der Waals surface area (Å²) in [5, 5.41) is 20.2. The van der Waals surface area contributed by atoms with Crippen LogP contribution in [0, 0.1) is 0 Å². The quantitative estimate of drug-likeness (QED) is 0.785. The van der Waals surface area contributed by atoms with Gasteiger partial charge in [0.15, 0.2) is 5.69 Å². The zero-order chi connectivity index (χ0) is 14.4. The highest BCUT2D eigenvalue weighted by molar-refractivity contribution is 5.92. The maximum Gasteiger partial charge on any atom is 0.274 e. The average molecular weight is 278 g/mol. The van der Waals surface area contributed by atoms with E-state index in [1.807, 2.05) is 0 Å². The number of rotatable bonds is 7. The molecule has 1 fully saturated rings. The van der Waals surface area contributed by atoms with Crippen molar-refractivity contribution >= 4 is 11.7 Å². The van der Waals surface area contributed by atoms with Crippen LogP contribution in [-0.2, 0) is 0 Å². The molecule has 2 rings (SSSR count). The number of aliphatic hydroxyl groups is 1. The number of anilines is 1. The molecule has 1 saturated carbocycles. The van der Waals surface area contributed by atoms with Gasteiger partial charge in [-0.3, -0.25) is 4.79 Å². The van der Waals surface area contributed by atoms with Gasteiger partial charge in [0.2, 0.25) is 0 Å². The van der Waals surface area contributed by atoms with Gasteiger partial charge in [0.25, 0.3) is 5.91 Å². The molecule has 0 spiro atoms. The van der Waals surface area contributed by atoms with Gasteiger partial charge in [-0.2, -0.15) is 0 Å². The Kier molecular flexibility index (Phi) is 5.29. The number of carbonyl (C=O) groups excluding carboxylic acids is 1. The molecule has 1 aliphatic carbocycles. The molecule has 0 atom stereocenters. The van der Waals surface area contributed by atoms with E-state index in [2.05, 4.69) is 22.4 Å². The Bertz CT molecular complexity index is 431. The number of hydrogen-bond donors (Lipinski definition) is 2. The molecule has 0 radical (unpaired) electrons. The van der Waals surface area contributed by atoms with Gasteiger partial charge in [-0.25, -0.2) is 0 Å². The highest BCUT2D eigenvalue weighted by Crippen LogP contribution is 2.25. The maximum absolute atomic E-state index is 12.4. The summed E-state index contributed by atoms with van der Waals surface area (Å²) in [4.78, 5) is 14.1. The van der Waals surface area contributed by atoms with Gasteiger partial charge in [-0.1, -0.05) is 6.92 Å². The normalized spacial score (nSPS) is 14.7. The van der Waals surface area contributed by atoms with Gasteiger partial charge >= 0.3 is 0 Å². The lowest BCUT2D eigenvalue weighted by Gasteiger charge is -2.36. The summed E-state index contributed by atoms with van der Waals surface area (Å²) in [6, 6.07) is 3.71. The molecule has 1 aliphatic rings. The summed E-state index contributed by atoms with van der Waals surface area (Å²) in [6.07, 6.45) is 4.17. The first-order valence-corrected chi connectivity index (χ1v) is 7.25. The molecule has 1 amide bonds. The number of aromatic nitrogens is 2. The fourth-order valence-electron chi connectivity index (χ4n) is 2.20. The highest BCUT2D eigenvalue weighted by Gasteiger charge is 2.29. The zero-order valence-electron chi connectivity index (χ0n) is 11.9. The SMILES string of the molecule is CCCNc1ccc(C(=O)N(CCO)C2CCC2)nn1. The van der Waals surface area contributed by atoms with Crippen molar-refractivity contribution in [3.63, 3.8) is 0 Å². The van der Waals surface area contributed by atoms with E-state index in [1.165, 1.54) is 0 Å². The fraction of sp³-hybridized carbons (Fsp3) is 0.643. The Morgan fingerprint density at radius 1 is 1.45 bits per heavy atom. The first kappa shape index (κ1) is 14.7. The van der Waals surface area contributed by atoms with Crippen LogP contribution >= 0.6 is 0 Å². The van der Waals surface area contributed by atoms with Gasteiger partial charge in [0.05, 0.1) is 6.61 Å². The van der Waals surface area contributed by atoms with Crippen LogP contribution in [0.1, 0.15) is 43.1 Å². The molecule has 6 nitrogen and oxygen atoms in total. The average Bonchev–Trinajstić information content (AvgIpc) is 2.42. The molecule has 20 heavy (non-hydrogen) atoms. The number of nitrogens with one attached hydrogen (secondary N) is 1. The van der Waals surface area contributed by atoms with Crippen LogP contribution in [0.25, 0.3) is 0 Å². The lowest BCUT2D eigenvalue weighted by molar-refractivity contribution is 0.0519. The van der Waals surface area contributed by atoms with Gasteiger partial charge in [-0.05, 0) is 37.8 Å². The molecule has 0 bridgehead atoms. The number of nitrogens with zero attached hydrogens (tertiary/aromatic N) is 3. The Morgan fingerprint density at radius 3 is 2.75 bits per heavy atom. The van der Waals surface area contributed by atoms with Crippen LogP contribution in [-0.4, -0.2) is 51.8 Å². The molecule has 2 N–H and O–H groups in total. The topological polar surface area (TPSA) is 78.4 Å². The highest BCUT2D eigenvalue weighted by atomic mass is 16.3. The molecule has 110 valence electrons. The Hall–Kier alpha value is -1.69. The van der Waals surface area contributed by atoms with Crippen LogP contribution in [0.5, 0.6) is 0 Å². The van der Waals surface area contributed by atoms with Crippen molar-refractivity contribution in [2.75, 3.05) is 25.0 Å². The van der Waals surface area contributed by atoms with Crippen molar-refractivity contribution in [3.05, 3.63) is 17.8 Å². The Labute approximate surface area is 119 Å². The fourth-order valence-corrected chi connectivity index (χ4v) is 2.20. The lowest BCUT2D eigenvalue weighted by Crippen LogP contribution is -2.46. The molecule has 0 aliphatic heterocycles. The van der Waals surface area contributed by atoms with E-state index in [-0.39, 0.29) is 18.6 Å². The van der Waals surface area contributed by atoms with Crippen LogP contribution < -0.4 is 5.32 Å². The smallest absolute Gasteiger partial charge is 0.274 e. The Balaban J connectivity index is 2.02. The van der Waals surface area contributed by atoms with E-state index in [9.17, 15) is 4.79 Å². The second-order valence-corrected chi connectivity index (χ2v) is 5.04.